The van der Waals surface area contributed by atoms with Gasteiger partial charge in [-0.05, 0) is 119 Å². The van der Waals surface area contributed by atoms with Crippen LogP contribution in [-0.2, 0) is 49.6 Å². The number of phosphoric ester groups is 1. The summed E-state index contributed by atoms with van der Waals surface area (Å²) in [6.45, 7) is 3.71. The molecule has 0 N–H and O–H groups in total. The highest BCUT2D eigenvalue weighted by Gasteiger charge is 2.54. The second-order valence-corrected chi connectivity index (χ2v) is 34.8. The van der Waals surface area contributed by atoms with Crippen LogP contribution in [0.5, 0.6) is 23.0 Å². The number of aromatic nitrogens is 5. The van der Waals surface area contributed by atoms with Crippen LogP contribution in [0.2, 0.25) is 0 Å². The zero-order valence-corrected chi connectivity index (χ0v) is 69.0. The van der Waals surface area contributed by atoms with Gasteiger partial charge in [0.15, 0.2) is 11.7 Å². The number of likely N-dealkylation sites (N-methyl/N-ethyl adjacent to an activating group) is 1. The fourth-order valence-corrected chi connectivity index (χ4v) is 18.3. The first-order chi connectivity index (χ1) is 54.5. The molecule has 0 saturated heterocycles. The van der Waals surface area contributed by atoms with Gasteiger partial charge in [-0.25, -0.2) is 29.0 Å². The van der Waals surface area contributed by atoms with E-state index in [4.69, 9.17) is 37.5 Å². The second kappa shape index (κ2) is 45.3. The van der Waals surface area contributed by atoms with E-state index in [1.807, 2.05) is 74.8 Å². The lowest BCUT2D eigenvalue weighted by molar-refractivity contribution is -0.904. The van der Waals surface area contributed by atoms with Crippen LogP contribution in [0, 0.1) is 0 Å². The summed E-state index contributed by atoms with van der Waals surface area (Å²) in [5.74, 6) is -2.22. The third-order valence-electron chi connectivity index (χ3n) is 19.5. The molecule has 2 aliphatic heterocycles. The molecule has 1 spiro atoms. The van der Waals surface area contributed by atoms with Crippen molar-refractivity contribution >= 4 is 80.8 Å². The lowest BCUT2D eigenvalue weighted by atomic mass is 9.77. The van der Waals surface area contributed by atoms with Gasteiger partial charge >= 0.3 is 29.8 Å². The van der Waals surface area contributed by atoms with Gasteiger partial charge in [0, 0.05) is 63.8 Å². The van der Waals surface area contributed by atoms with Crippen LogP contribution in [0.25, 0.3) is 5.69 Å². The van der Waals surface area contributed by atoms with Gasteiger partial charge in [-0.2, -0.15) is 0 Å². The number of rotatable bonds is 51. The molecule has 0 bridgehead atoms. The minimum Gasteiger partial charge on any atom is -0.756 e. The SMILES string of the molecule is CCCCCCCCCCCCCCCC(=O)OCC(COP(=O)([O-])OCC[N+](C)(C)Cc1cn(-c2ccc3c(c2)C(=O)OC32c3ccc(OC(=O)c4ccccc4SSc4ccccn4)cc3Oc3cc(OC(=O)c4ccccc4SSc4ccccn4)ccc32)nn1)OC(=O)CCCCCCCCCCCCCCC. The maximum atomic E-state index is 14.6. The summed E-state index contributed by atoms with van der Waals surface area (Å²) in [5, 5.41) is 10.4. The number of nitrogens with zero attached hydrogens (tertiary/aromatic N) is 6. The number of phosphoric acid groups is 1. The number of hydrogen-bond acceptors (Lipinski definition) is 23. The van der Waals surface area contributed by atoms with E-state index in [2.05, 4.69) is 34.1 Å². The van der Waals surface area contributed by atoms with E-state index < -0.39 is 56.0 Å². The average molecular weight is 1620 g/mol. The number of esters is 5. The van der Waals surface area contributed by atoms with Crippen molar-refractivity contribution in [1.82, 2.24) is 25.0 Å². The Bertz CT molecular complexity index is 4230. The number of hydrogen-bond donors (Lipinski definition) is 0. The quantitative estimate of drug-likeness (QED) is 0.00653. The Balaban J connectivity index is 0.767. The first kappa shape index (κ1) is 86.6. The zero-order chi connectivity index (χ0) is 78.8. The van der Waals surface area contributed by atoms with E-state index in [1.54, 1.807) is 97.5 Å². The molecule has 3 aromatic heterocycles. The summed E-state index contributed by atoms with van der Waals surface area (Å²) in [6.07, 6.45) is 34.6. The molecule has 2 atom stereocenters. The van der Waals surface area contributed by atoms with Crippen molar-refractivity contribution in [2.45, 2.75) is 232 Å². The summed E-state index contributed by atoms with van der Waals surface area (Å²) in [5.41, 5.74) is 1.54. The van der Waals surface area contributed by atoms with Crippen molar-refractivity contribution in [2.24, 2.45) is 0 Å². The van der Waals surface area contributed by atoms with Gasteiger partial charge in [0.05, 0.1) is 49.3 Å². The van der Waals surface area contributed by atoms with Crippen molar-refractivity contribution in [3.05, 3.63) is 197 Å². The molecule has 26 heteroatoms. The lowest BCUT2D eigenvalue weighted by Crippen LogP contribution is -2.41. The van der Waals surface area contributed by atoms with Gasteiger partial charge in [0.2, 0.25) is 0 Å². The number of unbranched alkanes of at least 4 members (excludes halogenated alkanes) is 24. The van der Waals surface area contributed by atoms with E-state index in [1.165, 1.54) is 163 Å². The number of pyridine rings is 2. The molecule has 112 heavy (non-hydrogen) atoms. The number of carbonyl (C=O) groups is 5. The van der Waals surface area contributed by atoms with Gasteiger partial charge in [-0.1, -0.05) is 237 Å². The maximum Gasteiger partial charge on any atom is 0.344 e. The number of ether oxygens (including phenoxy) is 6. The largest absolute Gasteiger partial charge is 0.756 e. The Morgan fingerprint density at radius 2 is 1.02 bits per heavy atom. The standard InChI is InChI=1S/C86H105N6O15PS4/c1-5-7-9-11-13-15-17-19-21-23-25-27-29-45-81(93)100-62-68(103-82(94)46-30-28-26-24-22-20-18-16-14-12-10-8-6-2)63-102-108(98,99)101-56-55-92(3,4)61-64-60-91(90-89-64)65-47-50-72-71(57-65)85(97)107-86(72)73-51-48-66(104-83(95)69-39-31-33-41-77(69)109-111-79-43-35-37-53-87-79)58-75(73)106-76-59-67(49-52-74(76)86)105-84(96)70-40-32-34-42-78(70)110-112-80-44-36-38-54-88-80/h31-44,47-54,57-60,68H,5-30,45-46,55-56,61-63H2,1-4H3. The van der Waals surface area contributed by atoms with Crippen LogP contribution >= 0.6 is 51.0 Å². The second-order valence-electron chi connectivity index (χ2n) is 29.0. The molecule has 0 fully saturated rings. The van der Waals surface area contributed by atoms with Crippen LogP contribution in [0.15, 0.2) is 178 Å². The Hall–Kier alpha value is -7.84. The van der Waals surface area contributed by atoms with Crippen molar-refractivity contribution in [1.29, 1.82) is 0 Å². The molecule has 2 unspecified atom stereocenters. The van der Waals surface area contributed by atoms with Crippen LogP contribution in [0.1, 0.15) is 247 Å². The molecule has 8 aromatic rings. The van der Waals surface area contributed by atoms with Crippen molar-refractivity contribution in [2.75, 3.05) is 40.5 Å². The highest BCUT2D eigenvalue weighted by Crippen LogP contribution is 2.58. The van der Waals surface area contributed by atoms with Gasteiger partial charge < -0.3 is 46.8 Å². The number of benzene rings is 5. The normalized spacial score (nSPS) is 13.5. The van der Waals surface area contributed by atoms with Crippen molar-refractivity contribution in [3.63, 3.8) is 0 Å². The van der Waals surface area contributed by atoms with Crippen LogP contribution in [-0.4, -0.2) is 106 Å². The van der Waals surface area contributed by atoms with E-state index >= 15 is 0 Å². The summed E-state index contributed by atoms with van der Waals surface area (Å²) >= 11 is 0. The summed E-state index contributed by atoms with van der Waals surface area (Å²) < 4.78 is 62.5. The molecule has 21 nitrogen and oxygen atoms in total. The van der Waals surface area contributed by atoms with Gasteiger partial charge in [-0.3, -0.25) is 14.2 Å². The predicted molar refractivity (Wildman–Crippen MR) is 436 cm³/mol. The Morgan fingerprint density at radius 3 is 1.52 bits per heavy atom. The zero-order valence-electron chi connectivity index (χ0n) is 64.8. The number of fused-ring (bicyclic) bond motifs is 6. The molecule has 5 aromatic carbocycles. The fraction of sp³-hybridized carbons (Fsp3) is 0.453. The number of quaternary nitrogens is 1. The predicted octanol–water partition coefficient (Wildman–Crippen LogP) is 21.2. The van der Waals surface area contributed by atoms with Crippen LogP contribution < -0.4 is 19.1 Å². The molecule has 5 heterocycles. The minimum absolute atomic E-state index is 0.136. The minimum atomic E-state index is -4.97. The Kier molecular flexibility index (Phi) is 35.0. The first-order valence-electron chi connectivity index (χ1n) is 39.7. The number of carbonyl (C=O) groups excluding carboxylic acids is 5. The highest BCUT2D eigenvalue weighted by atomic mass is 33.1. The van der Waals surface area contributed by atoms with Crippen molar-refractivity contribution in [3.8, 4) is 28.7 Å². The van der Waals surface area contributed by atoms with Gasteiger partial charge in [0.1, 0.15) is 65.0 Å². The molecule has 0 saturated carbocycles. The molecule has 598 valence electrons. The topological polar surface area (TPSA) is 256 Å². The average Bonchev–Trinajstić information content (AvgIpc) is 1.50. The smallest absolute Gasteiger partial charge is 0.344 e. The lowest BCUT2D eigenvalue weighted by Gasteiger charge is -2.36. The molecular weight excluding hydrogens is 1520 g/mol. The van der Waals surface area contributed by atoms with E-state index in [9.17, 15) is 33.4 Å². The molecule has 0 aliphatic carbocycles. The Labute approximate surface area is 674 Å². The molecular formula is C86H105N6O15PS4. The molecule has 0 amide bonds. The van der Waals surface area contributed by atoms with E-state index in [0.717, 1.165) is 48.6 Å². The summed E-state index contributed by atoms with van der Waals surface area (Å²) in [6, 6.07) is 40.3. The third-order valence-corrected chi connectivity index (χ3v) is 25.2. The van der Waals surface area contributed by atoms with E-state index in [-0.39, 0.29) is 72.2 Å². The monoisotopic (exact) mass is 1620 g/mol. The van der Waals surface area contributed by atoms with Crippen LogP contribution in [0.4, 0.5) is 0 Å². The van der Waals surface area contributed by atoms with Crippen LogP contribution in [0.3, 0.4) is 0 Å². The summed E-state index contributed by atoms with van der Waals surface area (Å²) in [7, 11) is 4.33. The van der Waals surface area contributed by atoms with E-state index in [0.29, 0.717) is 61.8 Å². The maximum absolute atomic E-state index is 14.6. The Morgan fingerprint density at radius 1 is 0.545 bits per heavy atom. The molecule has 10 rings (SSSR count). The third kappa shape index (κ3) is 26.9. The molecule has 2 aliphatic rings. The first-order valence-corrected chi connectivity index (χ1v) is 45.4. The fourth-order valence-electron chi connectivity index (χ4n) is 13.5. The molecule has 0 radical (unpaired) electrons. The summed E-state index contributed by atoms with van der Waals surface area (Å²) in [4.78, 5) is 92.4. The van der Waals surface area contributed by atoms with Crippen molar-refractivity contribution < 1.29 is 75.4 Å². The van der Waals surface area contributed by atoms with Gasteiger partial charge in [-0.15, -0.1) is 5.10 Å². The highest BCUT2D eigenvalue weighted by molar-refractivity contribution is 8.77. The van der Waals surface area contributed by atoms with Gasteiger partial charge in [0.25, 0.3) is 7.82 Å².